The third-order valence-corrected chi connectivity index (χ3v) is 6.45. The molecule has 8 heteroatoms. The molecule has 31 heavy (non-hydrogen) atoms. The van der Waals surface area contributed by atoms with Crippen LogP contribution in [0.5, 0.6) is 0 Å². The topological polar surface area (TPSA) is 45.7 Å². The van der Waals surface area contributed by atoms with Crippen LogP contribution >= 0.6 is 23.7 Å². The lowest BCUT2D eigenvalue weighted by Gasteiger charge is -2.28. The number of hydrogen-bond donors (Lipinski definition) is 0. The number of ether oxygens (including phenoxy) is 1. The fraction of sp³-hybridized carbons (Fsp3) is 0.391. The van der Waals surface area contributed by atoms with Gasteiger partial charge in [-0.15, -0.1) is 12.4 Å². The van der Waals surface area contributed by atoms with Crippen molar-refractivity contribution in [3.05, 3.63) is 58.9 Å². The van der Waals surface area contributed by atoms with Crippen LogP contribution in [0.25, 0.3) is 10.2 Å². The van der Waals surface area contributed by atoms with Gasteiger partial charge in [0.15, 0.2) is 5.13 Å². The maximum absolute atomic E-state index is 14.2. The van der Waals surface area contributed by atoms with Crippen LogP contribution in [0.3, 0.4) is 0 Å². The first-order valence-electron chi connectivity index (χ1n) is 10.3. The smallest absolute Gasteiger partial charge is 0.260 e. The molecule has 0 bridgehead atoms. The van der Waals surface area contributed by atoms with E-state index < -0.39 is 0 Å². The Kier molecular flexibility index (Phi) is 8.00. The highest BCUT2D eigenvalue weighted by molar-refractivity contribution is 7.22. The molecule has 1 fully saturated rings. The number of para-hydroxylation sites is 1. The molecule has 5 nitrogen and oxygen atoms in total. The Labute approximate surface area is 192 Å². The van der Waals surface area contributed by atoms with Crippen LogP contribution in [0, 0.1) is 19.7 Å². The predicted molar refractivity (Wildman–Crippen MR) is 126 cm³/mol. The molecular formula is C23H27ClFN3O2S. The van der Waals surface area contributed by atoms with Gasteiger partial charge in [-0.3, -0.25) is 14.6 Å². The van der Waals surface area contributed by atoms with E-state index in [1.54, 1.807) is 11.0 Å². The summed E-state index contributed by atoms with van der Waals surface area (Å²) in [5.74, 6) is -0.448. The van der Waals surface area contributed by atoms with Gasteiger partial charge in [0.25, 0.3) is 5.91 Å². The fourth-order valence-corrected chi connectivity index (χ4v) is 4.78. The third kappa shape index (κ3) is 5.41. The van der Waals surface area contributed by atoms with E-state index in [9.17, 15) is 9.18 Å². The second-order valence-corrected chi connectivity index (χ2v) is 8.67. The van der Waals surface area contributed by atoms with Crippen molar-refractivity contribution in [2.75, 3.05) is 44.3 Å². The summed E-state index contributed by atoms with van der Waals surface area (Å²) in [7, 11) is 0. The van der Waals surface area contributed by atoms with E-state index >= 15 is 0 Å². The standard InChI is InChI=1S/C23H26FN3O2S.ClH/c1-16-7-8-18(17(2)15-16)22(28)27(10-4-9-26-11-13-29-14-12-26)23-25-21-19(24)5-3-6-20(21)30-23;/h3,5-8,15H,4,9-14H2,1-2H3;1H. The molecule has 1 amide bonds. The average Bonchev–Trinajstić information content (AvgIpc) is 3.17. The second kappa shape index (κ2) is 10.5. The molecular weight excluding hydrogens is 437 g/mol. The summed E-state index contributed by atoms with van der Waals surface area (Å²) in [6.45, 7) is 8.71. The minimum absolute atomic E-state index is 0. The van der Waals surface area contributed by atoms with Crippen LogP contribution in [0.15, 0.2) is 36.4 Å². The van der Waals surface area contributed by atoms with Gasteiger partial charge in [0.1, 0.15) is 11.3 Å². The second-order valence-electron chi connectivity index (χ2n) is 7.67. The largest absolute Gasteiger partial charge is 0.379 e. The molecule has 3 aromatic rings. The van der Waals surface area contributed by atoms with Gasteiger partial charge in [0.2, 0.25) is 0 Å². The highest BCUT2D eigenvalue weighted by atomic mass is 35.5. The number of anilines is 1. The first-order chi connectivity index (χ1) is 14.5. The number of aromatic nitrogens is 1. The maximum Gasteiger partial charge on any atom is 0.260 e. The lowest BCUT2D eigenvalue weighted by molar-refractivity contribution is 0.0376. The molecule has 1 saturated heterocycles. The number of hydrogen-bond acceptors (Lipinski definition) is 5. The van der Waals surface area contributed by atoms with E-state index in [2.05, 4.69) is 9.88 Å². The molecule has 2 heterocycles. The van der Waals surface area contributed by atoms with Crippen molar-refractivity contribution >= 4 is 45.0 Å². The van der Waals surface area contributed by atoms with Crippen molar-refractivity contribution in [2.45, 2.75) is 20.3 Å². The first kappa shape index (κ1) is 23.6. The zero-order valence-electron chi connectivity index (χ0n) is 17.8. The van der Waals surface area contributed by atoms with Crippen LogP contribution in [-0.4, -0.2) is 55.2 Å². The van der Waals surface area contributed by atoms with Gasteiger partial charge in [-0.1, -0.05) is 35.1 Å². The minimum Gasteiger partial charge on any atom is -0.379 e. The van der Waals surface area contributed by atoms with Gasteiger partial charge in [-0.25, -0.2) is 9.37 Å². The summed E-state index contributed by atoms with van der Waals surface area (Å²) in [5, 5.41) is 0.544. The molecule has 0 radical (unpaired) electrons. The molecule has 2 aromatic carbocycles. The molecule has 0 saturated carbocycles. The fourth-order valence-electron chi connectivity index (χ4n) is 3.78. The minimum atomic E-state index is -0.359. The third-order valence-electron chi connectivity index (χ3n) is 5.41. The highest BCUT2D eigenvalue weighted by Crippen LogP contribution is 2.31. The van der Waals surface area contributed by atoms with Crippen LogP contribution in [0.1, 0.15) is 27.9 Å². The maximum atomic E-state index is 14.2. The Balaban J connectivity index is 0.00000272. The number of thiazole rings is 1. The summed E-state index contributed by atoms with van der Waals surface area (Å²) in [6.07, 6.45) is 0.815. The van der Waals surface area contributed by atoms with Crippen LogP contribution in [0.2, 0.25) is 0 Å². The van der Waals surface area contributed by atoms with Crippen molar-refractivity contribution in [1.82, 2.24) is 9.88 Å². The van der Waals surface area contributed by atoms with E-state index in [1.165, 1.54) is 17.4 Å². The van der Waals surface area contributed by atoms with Crippen LogP contribution in [-0.2, 0) is 4.74 Å². The zero-order valence-corrected chi connectivity index (χ0v) is 19.4. The number of fused-ring (bicyclic) bond motifs is 1. The van der Waals surface area contributed by atoms with Crippen molar-refractivity contribution < 1.29 is 13.9 Å². The van der Waals surface area contributed by atoms with Crippen molar-refractivity contribution in [1.29, 1.82) is 0 Å². The number of carbonyl (C=O) groups excluding carboxylic acids is 1. The van der Waals surface area contributed by atoms with Crippen molar-refractivity contribution in [3.8, 4) is 0 Å². The summed E-state index contributed by atoms with van der Waals surface area (Å²) >= 11 is 1.36. The molecule has 1 aliphatic rings. The van der Waals surface area contributed by atoms with E-state index in [-0.39, 0.29) is 24.1 Å². The molecule has 1 aliphatic heterocycles. The van der Waals surface area contributed by atoms with Gasteiger partial charge in [-0.2, -0.15) is 0 Å². The molecule has 0 N–H and O–H groups in total. The monoisotopic (exact) mass is 463 g/mol. The summed E-state index contributed by atoms with van der Waals surface area (Å²) < 4.78 is 20.4. The van der Waals surface area contributed by atoms with Crippen LogP contribution < -0.4 is 4.90 Å². The quantitative estimate of drug-likeness (QED) is 0.524. The normalized spacial score (nSPS) is 14.4. The summed E-state index contributed by atoms with van der Waals surface area (Å²) in [4.78, 5) is 22.0. The number of nitrogens with zero attached hydrogens (tertiary/aromatic N) is 3. The Morgan fingerprint density at radius 3 is 2.71 bits per heavy atom. The molecule has 0 atom stereocenters. The predicted octanol–water partition coefficient (Wildman–Crippen LogP) is 4.84. The van der Waals surface area contributed by atoms with E-state index in [0.29, 0.717) is 22.8 Å². The summed E-state index contributed by atoms with van der Waals surface area (Å²) in [6, 6.07) is 10.7. The molecule has 0 spiro atoms. The Morgan fingerprint density at radius 2 is 2.00 bits per heavy atom. The Morgan fingerprint density at radius 1 is 1.23 bits per heavy atom. The average molecular weight is 464 g/mol. The first-order valence-corrected chi connectivity index (χ1v) is 11.1. The van der Waals surface area contributed by atoms with Crippen molar-refractivity contribution in [3.63, 3.8) is 0 Å². The molecule has 1 aromatic heterocycles. The number of amides is 1. The SMILES string of the molecule is Cc1ccc(C(=O)N(CCCN2CCOCC2)c2nc3c(F)cccc3s2)c(C)c1.Cl. The number of benzene rings is 2. The molecule has 4 rings (SSSR count). The Bertz CT molecular complexity index is 1050. The van der Waals surface area contributed by atoms with Crippen LogP contribution in [0.4, 0.5) is 9.52 Å². The lowest BCUT2D eigenvalue weighted by Crippen LogP contribution is -2.39. The van der Waals surface area contributed by atoms with E-state index in [4.69, 9.17) is 4.74 Å². The summed E-state index contributed by atoms with van der Waals surface area (Å²) in [5.41, 5.74) is 3.03. The Hall–Kier alpha value is -2.06. The molecule has 166 valence electrons. The van der Waals surface area contributed by atoms with Crippen molar-refractivity contribution in [2.24, 2.45) is 0 Å². The van der Waals surface area contributed by atoms with Gasteiger partial charge in [0, 0.05) is 31.7 Å². The van der Waals surface area contributed by atoms with Gasteiger partial charge < -0.3 is 4.74 Å². The molecule has 0 aliphatic carbocycles. The van der Waals surface area contributed by atoms with Gasteiger partial charge in [0.05, 0.1) is 17.9 Å². The van der Waals surface area contributed by atoms with Gasteiger partial charge in [-0.05, 0) is 44.0 Å². The number of carbonyl (C=O) groups is 1. The number of aryl methyl sites for hydroxylation is 2. The zero-order chi connectivity index (χ0) is 21.1. The number of morpholine rings is 1. The van der Waals surface area contributed by atoms with E-state index in [1.807, 2.05) is 38.1 Å². The molecule has 0 unspecified atom stereocenters. The lowest BCUT2D eigenvalue weighted by atomic mass is 10.0. The number of rotatable bonds is 6. The highest BCUT2D eigenvalue weighted by Gasteiger charge is 2.23. The number of halogens is 2. The van der Waals surface area contributed by atoms with E-state index in [0.717, 1.165) is 55.1 Å². The van der Waals surface area contributed by atoms with Gasteiger partial charge >= 0.3 is 0 Å².